The van der Waals surface area contributed by atoms with E-state index in [4.69, 9.17) is 4.74 Å². The van der Waals surface area contributed by atoms with E-state index in [-0.39, 0.29) is 5.41 Å². The Morgan fingerprint density at radius 2 is 1.84 bits per heavy atom. The molecule has 3 nitrogen and oxygen atoms in total. The smallest absolute Gasteiger partial charge is 0.123 e. The average molecular weight is 336 g/mol. The average Bonchev–Trinajstić information content (AvgIpc) is 2.67. The molecule has 1 N–H and O–H groups in total. The second-order valence-corrected chi connectivity index (χ2v) is 7.53. The summed E-state index contributed by atoms with van der Waals surface area (Å²) in [5.41, 5.74) is 6.56. The molecule has 2 unspecified atom stereocenters. The fourth-order valence-corrected chi connectivity index (χ4v) is 4.62. The highest BCUT2D eigenvalue weighted by molar-refractivity contribution is 5.42. The van der Waals surface area contributed by atoms with Crippen LogP contribution < -0.4 is 10.2 Å². The van der Waals surface area contributed by atoms with Gasteiger partial charge in [-0.05, 0) is 30.9 Å². The first-order chi connectivity index (χ1) is 12.3. The molecular formula is C22H28N2O. The van der Waals surface area contributed by atoms with Crippen LogP contribution in [0, 0.1) is 0 Å². The van der Waals surface area contributed by atoms with Gasteiger partial charge in [-0.2, -0.15) is 0 Å². The van der Waals surface area contributed by atoms with E-state index < -0.39 is 0 Å². The number of rotatable bonds is 4. The topological polar surface area (TPSA) is 24.5 Å². The van der Waals surface area contributed by atoms with Crippen LogP contribution in [0.3, 0.4) is 0 Å². The lowest BCUT2D eigenvalue weighted by atomic mass is 9.63. The molecule has 0 bridgehead atoms. The SMILES string of the molecule is CN1CCC2(c3ccccc3OCc3ccccc3)CCCCC2N1. The van der Waals surface area contributed by atoms with Crippen molar-refractivity contribution in [2.45, 2.75) is 50.2 Å². The summed E-state index contributed by atoms with van der Waals surface area (Å²) >= 11 is 0. The van der Waals surface area contributed by atoms with Crippen molar-refractivity contribution in [2.75, 3.05) is 13.6 Å². The van der Waals surface area contributed by atoms with Gasteiger partial charge in [0.25, 0.3) is 0 Å². The van der Waals surface area contributed by atoms with Crippen molar-refractivity contribution < 1.29 is 4.74 Å². The number of nitrogens with one attached hydrogen (secondary N) is 1. The van der Waals surface area contributed by atoms with Crippen molar-refractivity contribution in [1.29, 1.82) is 0 Å². The Labute approximate surface area is 151 Å². The van der Waals surface area contributed by atoms with Gasteiger partial charge in [0.2, 0.25) is 0 Å². The molecule has 1 saturated heterocycles. The lowest BCUT2D eigenvalue weighted by Crippen LogP contribution is -2.61. The summed E-state index contributed by atoms with van der Waals surface area (Å²) < 4.78 is 6.31. The maximum atomic E-state index is 6.31. The van der Waals surface area contributed by atoms with E-state index in [0.717, 1.165) is 12.3 Å². The molecule has 132 valence electrons. The first-order valence-corrected chi connectivity index (χ1v) is 9.51. The van der Waals surface area contributed by atoms with Crippen molar-refractivity contribution >= 4 is 0 Å². The Kier molecular flexibility index (Phi) is 4.78. The maximum absolute atomic E-state index is 6.31. The molecule has 2 aliphatic rings. The van der Waals surface area contributed by atoms with E-state index in [9.17, 15) is 0 Å². The molecule has 0 aromatic heterocycles. The van der Waals surface area contributed by atoms with E-state index in [0.29, 0.717) is 12.6 Å². The molecule has 3 heteroatoms. The molecule has 2 atom stereocenters. The van der Waals surface area contributed by atoms with Crippen LogP contribution in [0.5, 0.6) is 5.75 Å². The molecule has 0 radical (unpaired) electrons. The van der Waals surface area contributed by atoms with Gasteiger partial charge in [0, 0.05) is 30.6 Å². The predicted molar refractivity (Wildman–Crippen MR) is 102 cm³/mol. The van der Waals surface area contributed by atoms with Crippen LogP contribution in [0.15, 0.2) is 54.6 Å². The summed E-state index contributed by atoms with van der Waals surface area (Å²) in [5, 5.41) is 2.27. The number of hydrazine groups is 1. The highest BCUT2D eigenvalue weighted by atomic mass is 16.5. The van der Waals surface area contributed by atoms with Gasteiger partial charge in [0.15, 0.2) is 0 Å². The quantitative estimate of drug-likeness (QED) is 0.901. The Hall–Kier alpha value is -1.84. The zero-order valence-electron chi connectivity index (χ0n) is 15.1. The number of fused-ring (bicyclic) bond motifs is 1. The molecule has 25 heavy (non-hydrogen) atoms. The Bertz CT molecular complexity index is 702. The van der Waals surface area contributed by atoms with Crippen molar-refractivity contribution in [3.63, 3.8) is 0 Å². The molecule has 2 fully saturated rings. The molecule has 0 spiro atoms. The minimum atomic E-state index is 0.206. The summed E-state index contributed by atoms with van der Waals surface area (Å²) in [6.45, 7) is 1.72. The van der Waals surface area contributed by atoms with Gasteiger partial charge in [-0.1, -0.05) is 61.4 Å². The first kappa shape index (κ1) is 16.6. The highest BCUT2D eigenvalue weighted by Crippen LogP contribution is 2.47. The molecule has 1 aliphatic carbocycles. The minimum absolute atomic E-state index is 0.206. The van der Waals surface area contributed by atoms with Crippen LogP contribution in [0.2, 0.25) is 0 Å². The van der Waals surface area contributed by atoms with Crippen molar-refractivity contribution in [2.24, 2.45) is 0 Å². The van der Waals surface area contributed by atoms with Crippen LogP contribution in [0.1, 0.15) is 43.2 Å². The van der Waals surface area contributed by atoms with Gasteiger partial charge in [-0.3, -0.25) is 5.43 Å². The van der Waals surface area contributed by atoms with Crippen LogP contribution in [0.25, 0.3) is 0 Å². The fourth-order valence-electron chi connectivity index (χ4n) is 4.62. The van der Waals surface area contributed by atoms with Crippen molar-refractivity contribution in [1.82, 2.24) is 10.4 Å². The van der Waals surface area contributed by atoms with E-state index in [1.807, 2.05) is 6.07 Å². The van der Waals surface area contributed by atoms with Crippen LogP contribution in [-0.4, -0.2) is 24.6 Å². The molecule has 2 aromatic carbocycles. The molecule has 1 aliphatic heterocycles. The number of hydrogen-bond donors (Lipinski definition) is 1. The van der Waals surface area contributed by atoms with E-state index in [1.165, 1.54) is 43.2 Å². The normalized spacial score (nSPS) is 26.8. The Balaban J connectivity index is 1.63. The van der Waals surface area contributed by atoms with Crippen LogP contribution in [-0.2, 0) is 12.0 Å². The second kappa shape index (κ2) is 7.19. The fraction of sp³-hybridized carbons (Fsp3) is 0.455. The van der Waals surface area contributed by atoms with E-state index in [2.05, 4.69) is 66.0 Å². The number of hydrogen-bond acceptors (Lipinski definition) is 3. The maximum Gasteiger partial charge on any atom is 0.123 e. The van der Waals surface area contributed by atoms with Crippen molar-refractivity contribution in [3.05, 3.63) is 65.7 Å². The summed E-state index contributed by atoms with van der Waals surface area (Å²) in [7, 11) is 2.16. The zero-order chi connectivity index (χ0) is 17.1. The third-order valence-electron chi connectivity index (χ3n) is 5.96. The molecular weight excluding hydrogens is 308 g/mol. The largest absolute Gasteiger partial charge is 0.489 e. The van der Waals surface area contributed by atoms with Crippen LogP contribution >= 0.6 is 0 Å². The summed E-state index contributed by atoms with van der Waals surface area (Å²) in [6.07, 6.45) is 6.34. The first-order valence-electron chi connectivity index (χ1n) is 9.51. The third kappa shape index (κ3) is 3.31. The van der Waals surface area contributed by atoms with Crippen molar-refractivity contribution in [3.8, 4) is 5.75 Å². The number of nitrogens with zero attached hydrogens (tertiary/aromatic N) is 1. The van der Waals surface area contributed by atoms with Crippen LogP contribution in [0.4, 0.5) is 0 Å². The standard InChI is InChI=1S/C22H28N2O/c1-24-16-15-22(14-8-7-13-21(22)23-24)19-11-5-6-12-20(19)25-17-18-9-3-2-4-10-18/h2-6,9-12,21,23H,7-8,13-17H2,1H3. The van der Waals surface area contributed by atoms with Gasteiger partial charge < -0.3 is 4.74 Å². The lowest BCUT2D eigenvalue weighted by Gasteiger charge is -2.51. The third-order valence-corrected chi connectivity index (χ3v) is 5.96. The number of benzene rings is 2. The molecule has 1 saturated carbocycles. The van der Waals surface area contributed by atoms with Gasteiger partial charge >= 0.3 is 0 Å². The minimum Gasteiger partial charge on any atom is -0.489 e. The number of ether oxygens (including phenoxy) is 1. The van der Waals surface area contributed by atoms with Gasteiger partial charge in [0.1, 0.15) is 12.4 Å². The highest BCUT2D eigenvalue weighted by Gasteiger charge is 2.46. The summed E-state index contributed by atoms with van der Waals surface area (Å²) in [4.78, 5) is 0. The zero-order valence-corrected chi connectivity index (χ0v) is 15.1. The van der Waals surface area contributed by atoms with E-state index >= 15 is 0 Å². The van der Waals surface area contributed by atoms with Gasteiger partial charge in [-0.15, -0.1) is 0 Å². The van der Waals surface area contributed by atoms with Gasteiger partial charge in [-0.25, -0.2) is 5.01 Å². The second-order valence-electron chi connectivity index (χ2n) is 7.53. The number of para-hydroxylation sites is 1. The predicted octanol–water partition coefficient (Wildman–Crippen LogP) is 4.29. The summed E-state index contributed by atoms with van der Waals surface area (Å²) in [5.74, 6) is 1.06. The molecule has 4 rings (SSSR count). The molecule has 1 heterocycles. The molecule has 0 amide bonds. The molecule has 2 aromatic rings. The Morgan fingerprint density at radius 3 is 2.72 bits per heavy atom. The summed E-state index contributed by atoms with van der Waals surface area (Å²) in [6, 6.07) is 19.7. The van der Waals surface area contributed by atoms with Gasteiger partial charge in [0.05, 0.1) is 0 Å². The van der Waals surface area contributed by atoms with E-state index in [1.54, 1.807) is 0 Å². The monoisotopic (exact) mass is 336 g/mol. The Morgan fingerprint density at radius 1 is 1.04 bits per heavy atom. The lowest BCUT2D eigenvalue weighted by molar-refractivity contribution is 0.0449.